The lowest BCUT2D eigenvalue weighted by molar-refractivity contribution is 0.483. The monoisotopic (exact) mass is 574 g/mol. The Morgan fingerprint density at radius 3 is 2.48 bits per heavy atom. The van der Waals surface area contributed by atoms with Crippen molar-refractivity contribution in [3.63, 3.8) is 0 Å². The third kappa shape index (κ3) is 4.47. The number of hydrogen-bond acceptors (Lipinski definition) is 5. The average Bonchev–Trinajstić information content (AvgIpc) is 3.55. The van der Waals surface area contributed by atoms with E-state index in [0.717, 1.165) is 44.7 Å². The highest BCUT2D eigenvalue weighted by atomic mass is 16.5. The van der Waals surface area contributed by atoms with E-state index >= 15 is 0 Å². The van der Waals surface area contributed by atoms with Gasteiger partial charge in [-0.05, 0) is 71.6 Å². The van der Waals surface area contributed by atoms with Crippen LogP contribution in [0.5, 0.6) is 11.5 Å². The molecule has 0 unspecified atom stereocenters. The Morgan fingerprint density at radius 2 is 1.70 bits per heavy atom. The van der Waals surface area contributed by atoms with Crippen LogP contribution in [0.3, 0.4) is 0 Å². The second kappa shape index (κ2) is 10.2. The van der Waals surface area contributed by atoms with Crippen molar-refractivity contribution in [3.05, 3.63) is 120 Å². The molecule has 0 atom stereocenters. The van der Waals surface area contributed by atoms with Crippen molar-refractivity contribution in [1.29, 1.82) is 5.26 Å². The number of fused-ring (bicyclic) bond motifs is 4. The van der Waals surface area contributed by atoms with Crippen molar-refractivity contribution in [2.75, 3.05) is 23.5 Å². The number of anilines is 3. The van der Waals surface area contributed by atoms with Gasteiger partial charge < -0.3 is 14.5 Å². The maximum atomic E-state index is 9.99. The fraction of sp³-hybridized carbons (Fsp3) is 0.162. The predicted molar refractivity (Wildman–Crippen MR) is 177 cm³/mol. The van der Waals surface area contributed by atoms with Gasteiger partial charge in [-0.25, -0.2) is 9.83 Å². The Hall–Kier alpha value is -5.79. The molecule has 0 radical (unpaired) electrons. The van der Waals surface area contributed by atoms with Crippen LogP contribution in [-0.2, 0) is 5.41 Å². The van der Waals surface area contributed by atoms with Crippen LogP contribution in [0.1, 0.15) is 31.9 Å². The Labute approximate surface area is 256 Å². The van der Waals surface area contributed by atoms with E-state index in [1.165, 1.54) is 5.56 Å². The minimum atomic E-state index is -0.0567. The number of nitriles is 1. The van der Waals surface area contributed by atoms with Gasteiger partial charge in [0.05, 0.1) is 47.3 Å². The summed E-state index contributed by atoms with van der Waals surface area (Å²) in [5.41, 5.74) is 7.13. The molecule has 0 amide bonds. The average molecular weight is 575 g/mol. The summed E-state index contributed by atoms with van der Waals surface area (Å²) in [5, 5.41) is 11.8. The van der Waals surface area contributed by atoms with E-state index in [1.54, 1.807) is 6.07 Å². The second-order valence-electron chi connectivity index (χ2n) is 12.1. The van der Waals surface area contributed by atoms with Crippen LogP contribution in [0.4, 0.5) is 22.7 Å². The molecule has 0 aliphatic carbocycles. The topological polar surface area (TPSA) is 61.7 Å². The zero-order valence-corrected chi connectivity index (χ0v) is 25.0. The van der Waals surface area contributed by atoms with E-state index in [9.17, 15) is 5.26 Å². The van der Waals surface area contributed by atoms with E-state index in [2.05, 4.69) is 71.3 Å². The molecule has 3 heterocycles. The molecule has 1 aliphatic heterocycles. The molecule has 0 N–H and O–H groups in total. The van der Waals surface area contributed by atoms with Gasteiger partial charge >= 0.3 is 0 Å². The van der Waals surface area contributed by atoms with E-state index in [-0.39, 0.29) is 5.41 Å². The molecule has 214 valence electrons. The summed E-state index contributed by atoms with van der Waals surface area (Å²) in [6.45, 7) is 15.0. The zero-order valence-electron chi connectivity index (χ0n) is 25.0. The van der Waals surface area contributed by atoms with E-state index < -0.39 is 0 Å². The first-order chi connectivity index (χ1) is 21.2. The van der Waals surface area contributed by atoms with Crippen molar-refractivity contribution in [2.24, 2.45) is 0 Å². The van der Waals surface area contributed by atoms with Crippen LogP contribution < -0.4 is 14.5 Å². The van der Waals surface area contributed by atoms with Crippen LogP contribution in [0, 0.1) is 17.9 Å². The lowest BCUT2D eigenvalue weighted by Gasteiger charge is -2.21. The molecule has 7 nitrogen and oxygen atoms in total. The summed E-state index contributed by atoms with van der Waals surface area (Å²) >= 11 is 0. The van der Waals surface area contributed by atoms with Gasteiger partial charge in [0.25, 0.3) is 0 Å². The van der Waals surface area contributed by atoms with Crippen LogP contribution in [0.25, 0.3) is 32.5 Å². The van der Waals surface area contributed by atoms with Gasteiger partial charge in [0.1, 0.15) is 17.3 Å². The van der Waals surface area contributed by atoms with Gasteiger partial charge in [0.15, 0.2) is 5.69 Å². The molecule has 7 rings (SSSR count). The van der Waals surface area contributed by atoms with Crippen LogP contribution >= 0.6 is 0 Å². The molecule has 7 heteroatoms. The normalized spacial score (nSPS) is 12.8. The number of para-hydroxylation sites is 2. The van der Waals surface area contributed by atoms with Crippen LogP contribution in [-0.4, -0.2) is 23.3 Å². The second-order valence-corrected chi connectivity index (χ2v) is 12.1. The first kappa shape index (κ1) is 27.1. The number of rotatable bonds is 4. The number of hydrogen-bond donors (Lipinski definition) is 0. The number of pyridine rings is 1. The minimum Gasteiger partial charge on any atom is -0.459 e. The highest BCUT2D eigenvalue weighted by molar-refractivity contribution is 6.12. The Kier molecular flexibility index (Phi) is 6.27. The molecule has 0 saturated heterocycles. The zero-order chi connectivity index (χ0) is 30.6. The molecular formula is C37H30N6O. The number of nitrogens with zero attached hydrogens (tertiary/aromatic N) is 6. The van der Waals surface area contributed by atoms with Gasteiger partial charge in [0, 0.05) is 41.8 Å². The molecule has 1 aliphatic rings. The number of ether oxygens (including phenoxy) is 1. The Bertz CT molecular complexity index is 2180. The summed E-state index contributed by atoms with van der Waals surface area (Å²) < 4.78 is 8.59. The summed E-state index contributed by atoms with van der Waals surface area (Å²) in [5.74, 6) is 1.98. The SMILES string of the molecule is [C-]#[N+]c1cc(Oc2ccc3c4c(C#N)cccc4n(-c4cc(C(C)(C)C)ccn4)c3c2)cc(N2CN(C)c3ccccc32)c1. The van der Waals surface area contributed by atoms with Gasteiger partial charge in [-0.2, -0.15) is 5.26 Å². The maximum Gasteiger partial charge on any atom is 0.192 e. The summed E-state index contributed by atoms with van der Waals surface area (Å²) in [6, 6.07) is 32.1. The van der Waals surface area contributed by atoms with Gasteiger partial charge in [-0.3, -0.25) is 4.57 Å². The molecule has 0 spiro atoms. The smallest absolute Gasteiger partial charge is 0.192 e. The van der Waals surface area contributed by atoms with Gasteiger partial charge in [-0.15, -0.1) is 0 Å². The highest BCUT2D eigenvalue weighted by Gasteiger charge is 2.25. The minimum absolute atomic E-state index is 0.0567. The third-order valence-corrected chi connectivity index (χ3v) is 8.21. The molecule has 44 heavy (non-hydrogen) atoms. The first-order valence-electron chi connectivity index (χ1n) is 14.5. The molecule has 6 aromatic rings. The predicted octanol–water partition coefficient (Wildman–Crippen LogP) is 9.24. The highest BCUT2D eigenvalue weighted by Crippen LogP contribution is 2.43. The molecule has 0 fully saturated rings. The molecule has 0 bridgehead atoms. The summed E-state index contributed by atoms with van der Waals surface area (Å²) in [6.07, 6.45) is 1.84. The van der Waals surface area contributed by atoms with Crippen molar-refractivity contribution < 1.29 is 4.74 Å². The van der Waals surface area contributed by atoms with Crippen molar-refractivity contribution in [2.45, 2.75) is 26.2 Å². The fourth-order valence-corrected chi connectivity index (χ4v) is 6.04. The standard InChI is InChI=1S/C37H30N6O/c1-37(2,3)25-15-16-40-35(17-25)43-33-12-8-9-24(22-38)36(33)30-14-13-28(21-34(30)43)44-29-19-26(39-4)18-27(20-29)42-23-41(5)31-10-6-7-11-32(31)42/h6-21H,23H2,1-3,5H3. The Morgan fingerprint density at radius 1 is 0.886 bits per heavy atom. The lowest BCUT2D eigenvalue weighted by Crippen LogP contribution is -2.23. The molecular weight excluding hydrogens is 544 g/mol. The van der Waals surface area contributed by atoms with Gasteiger partial charge in [-0.1, -0.05) is 39.0 Å². The van der Waals surface area contributed by atoms with Crippen molar-refractivity contribution in [1.82, 2.24) is 9.55 Å². The fourth-order valence-electron chi connectivity index (χ4n) is 6.04. The van der Waals surface area contributed by atoms with E-state index in [1.807, 2.05) is 72.9 Å². The largest absolute Gasteiger partial charge is 0.459 e. The van der Waals surface area contributed by atoms with Crippen LogP contribution in [0.2, 0.25) is 0 Å². The van der Waals surface area contributed by atoms with E-state index in [0.29, 0.717) is 29.4 Å². The van der Waals surface area contributed by atoms with Gasteiger partial charge in [0.2, 0.25) is 0 Å². The Balaban J connectivity index is 1.36. The molecule has 2 aromatic heterocycles. The quantitative estimate of drug-likeness (QED) is 0.196. The van der Waals surface area contributed by atoms with Crippen molar-refractivity contribution in [3.8, 4) is 23.4 Å². The van der Waals surface area contributed by atoms with E-state index in [4.69, 9.17) is 16.3 Å². The molecule has 0 saturated carbocycles. The lowest BCUT2D eigenvalue weighted by atomic mass is 9.88. The number of aromatic nitrogens is 2. The number of benzene rings is 4. The maximum absolute atomic E-state index is 9.99. The summed E-state index contributed by atoms with van der Waals surface area (Å²) in [7, 11) is 2.06. The summed E-state index contributed by atoms with van der Waals surface area (Å²) in [4.78, 5) is 12.9. The van der Waals surface area contributed by atoms with Crippen molar-refractivity contribution >= 4 is 44.6 Å². The van der Waals surface area contributed by atoms with Crippen LogP contribution in [0.15, 0.2) is 97.2 Å². The third-order valence-electron chi connectivity index (χ3n) is 8.21. The molecule has 4 aromatic carbocycles. The first-order valence-corrected chi connectivity index (χ1v) is 14.5.